The molecule has 0 radical (unpaired) electrons. The van der Waals surface area contributed by atoms with E-state index in [9.17, 15) is 8.42 Å². The second-order valence-corrected chi connectivity index (χ2v) is 8.60. The van der Waals surface area contributed by atoms with E-state index in [-0.39, 0.29) is 11.4 Å². The third-order valence-corrected chi connectivity index (χ3v) is 6.40. The molecule has 3 aromatic carbocycles. The van der Waals surface area contributed by atoms with Gasteiger partial charge in [0.1, 0.15) is 0 Å². The third-order valence-electron chi connectivity index (χ3n) is 3.86. The number of thioether (sulfide) groups is 1. The number of anilines is 1. The lowest BCUT2D eigenvalue weighted by Gasteiger charge is -2.22. The molecule has 3 aromatic rings. The van der Waals surface area contributed by atoms with Gasteiger partial charge in [-0.2, -0.15) is 0 Å². The summed E-state index contributed by atoms with van der Waals surface area (Å²) in [6, 6.07) is 25.7. The molecule has 0 atom stereocenters. The molecule has 136 valence electrons. The minimum Gasteiger partial charge on any atom is -0.254 e. The van der Waals surface area contributed by atoms with Crippen LogP contribution in [0.1, 0.15) is 5.56 Å². The zero-order chi connectivity index (χ0) is 19.1. The number of para-hydroxylation sites is 1. The van der Waals surface area contributed by atoms with Gasteiger partial charge in [0.15, 0.2) is 0 Å². The van der Waals surface area contributed by atoms with Crippen LogP contribution >= 0.6 is 11.8 Å². The van der Waals surface area contributed by atoms with E-state index in [1.54, 1.807) is 36.4 Å². The second-order valence-electron chi connectivity index (χ2n) is 5.85. The normalized spacial score (nSPS) is 10.7. The van der Waals surface area contributed by atoms with Crippen molar-refractivity contribution in [2.45, 2.75) is 16.7 Å². The average Bonchev–Trinajstić information content (AvgIpc) is 2.69. The molecule has 0 aromatic heterocycles. The van der Waals surface area contributed by atoms with E-state index in [4.69, 9.17) is 0 Å². The molecule has 0 spiro atoms. The predicted octanol–water partition coefficient (Wildman–Crippen LogP) is 4.94. The number of hydrogen-bond acceptors (Lipinski definition) is 3. The maximum absolute atomic E-state index is 13.2. The fourth-order valence-electron chi connectivity index (χ4n) is 2.43. The summed E-state index contributed by atoms with van der Waals surface area (Å²) >= 11 is 1.38. The Kier molecular flexibility index (Phi) is 6.23. The molecule has 0 amide bonds. The number of nitrogens with zero attached hydrogens (tertiary/aromatic N) is 1. The molecule has 0 saturated carbocycles. The Balaban J connectivity index is 1.87. The van der Waals surface area contributed by atoms with E-state index in [1.807, 2.05) is 55.5 Å². The highest BCUT2D eigenvalue weighted by atomic mass is 32.2. The first kappa shape index (κ1) is 19.1. The number of benzene rings is 3. The summed E-state index contributed by atoms with van der Waals surface area (Å²) in [5.74, 6) is 2.98. The minimum atomic E-state index is -3.69. The summed E-state index contributed by atoms with van der Waals surface area (Å²) in [6.45, 7) is 2.01. The number of rotatable bonds is 5. The number of aryl methyl sites for hydroxylation is 1. The first-order valence-corrected chi connectivity index (χ1v) is 10.7. The maximum atomic E-state index is 13.2. The van der Waals surface area contributed by atoms with Crippen LogP contribution in [0.2, 0.25) is 0 Å². The second kappa shape index (κ2) is 8.81. The van der Waals surface area contributed by atoms with E-state index in [1.165, 1.54) is 16.1 Å². The van der Waals surface area contributed by atoms with E-state index >= 15 is 0 Å². The Morgan fingerprint density at radius 2 is 1.44 bits per heavy atom. The lowest BCUT2D eigenvalue weighted by Crippen LogP contribution is -2.31. The molecule has 0 aliphatic heterocycles. The van der Waals surface area contributed by atoms with Crippen molar-refractivity contribution in [1.82, 2.24) is 0 Å². The van der Waals surface area contributed by atoms with Crippen molar-refractivity contribution in [3.8, 4) is 11.2 Å². The Morgan fingerprint density at radius 1 is 0.852 bits per heavy atom. The topological polar surface area (TPSA) is 37.4 Å². The highest BCUT2D eigenvalue weighted by Gasteiger charge is 2.24. The first-order valence-electron chi connectivity index (χ1n) is 8.41. The lowest BCUT2D eigenvalue weighted by molar-refractivity contribution is 0.593. The standard InChI is InChI=1S/C22H19NO2S2/c1-19-13-15-22(16-14-19)27(24,25)23(20-9-4-2-5-10-20)17-8-18-26-21-11-6-3-7-12-21/h2-7,9-16H,17H2,1H3. The van der Waals surface area contributed by atoms with Gasteiger partial charge < -0.3 is 0 Å². The molecular weight excluding hydrogens is 374 g/mol. The van der Waals surface area contributed by atoms with Crippen molar-refractivity contribution < 1.29 is 8.42 Å². The number of sulfonamides is 1. The first-order chi connectivity index (χ1) is 13.1. The van der Waals surface area contributed by atoms with Crippen LogP contribution < -0.4 is 4.31 Å². The molecule has 5 heteroatoms. The molecule has 0 N–H and O–H groups in total. The van der Waals surface area contributed by atoms with Gasteiger partial charge in [-0.25, -0.2) is 8.42 Å². The van der Waals surface area contributed by atoms with Crippen molar-refractivity contribution in [1.29, 1.82) is 0 Å². The summed E-state index contributed by atoms with van der Waals surface area (Å²) in [6.07, 6.45) is 0. The van der Waals surface area contributed by atoms with Crippen molar-refractivity contribution in [2.24, 2.45) is 0 Å². The van der Waals surface area contributed by atoms with Crippen LogP contribution in [-0.2, 0) is 10.0 Å². The molecule has 0 heterocycles. The van der Waals surface area contributed by atoms with Gasteiger partial charge in [-0.3, -0.25) is 4.31 Å². The highest BCUT2D eigenvalue weighted by molar-refractivity contribution is 8.04. The van der Waals surface area contributed by atoms with Crippen molar-refractivity contribution in [3.05, 3.63) is 90.5 Å². The van der Waals surface area contributed by atoms with Crippen molar-refractivity contribution >= 4 is 27.5 Å². The van der Waals surface area contributed by atoms with Crippen molar-refractivity contribution in [2.75, 3.05) is 10.8 Å². The molecule has 0 aliphatic rings. The Bertz CT molecular complexity index is 1040. The van der Waals surface area contributed by atoms with Gasteiger partial charge in [-0.15, -0.1) is 0 Å². The van der Waals surface area contributed by atoms with Crippen LogP contribution in [0.15, 0.2) is 94.7 Å². The SMILES string of the molecule is Cc1ccc(S(=O)(=O)N(CC#CSc2ccccc2)c2ccccc2)cc1. The van der Waals surface area contributed by atoms with Crippen LogP contribution in [0.4, 0.5) is 5.69 Å². The lowest BCUT2D eigenvalue weighted by atomic mass is 10.2. The molecule has 3 nitrogen and oxygen atoms in total. The predicted molar refractivity (Wildman–Crippen MR) is 112 cm³/mol. The number of hydrogen-bond donors (Lipinski definition) is 0. The van der Waals surface area contributed by atoms with Gasteiger partial charge in [0.25, 0.3) is 10.0 Å². The smallest absolute Gasteiger partial charge is 0.254 e. The van der Waals surface area contributed by atoms with Gasteiger partial charge in [0, 0.05) is 4.90 Å². The Morgan fingerprint density at radius 3 is 2.07 bits per heavy atom. The molecular formula is C22H19NO2S2. The minimum absolute atomic E-state index is 0.0834. The molecule has 27 heavy (non-hydrogen) atoms. The van der Waals surface area contributed by atoms with E-state index < -0.39 is 10.0 Å². The fraction of sp³-hybridized carbons (Fsp3) is 0.0909. The zero-order valence-corrected chi connectivity index (χ0v) is 16.5. The monoisotopic (exact) mass is 393 g/mol. The maximum Gasteiger partial charge on any atom is 0.265 e. The summed E-state index contributed by atoms with van der Waals surface area (Å²) in [5, 5.41) is 3.00. The Labute approximate surface area is 165 Å². The quantitative estimate of drug-likeness (QED) is 0.455. The van der Waals surface area contributed by atoms with Crippen LogP contribution in [0.3, 0.4) is 0 Å². The molecule has 0 bridgehead atoms. The van der Waals surface area contributed by atoms with E-state index in [0.717, 1.165) is 10.5 Å². The van der Waals surface area contributed by atoms with E-state index in [0.29, 0.717) is 5.69 Å². The highest BCUT2D eigenvalue weighted by Crippen LogP contribution is 2.23. The third kappa shape index (κ3) is 4.94. The zero-order valence-electron chi connectivity index (χ0n) is 14.9. The van der Waals surface area contributed by atoms with Gasteiger partial charge in [-0.05, 0) is 60.3 Å². The van der Waals surface area contributed by atoms with Crippen LogP contribution in [0.5, 0.6) is 0 Å². The van der Waals surface area contributed by atoms with Crippen LogP contribution in [0, 0.1) is 18.1 Å². The van der Waals surface area contributed by atoms with Gasteiger partial charge >= 0.3 is 0 Å². The van der Waals surface area contributed by atoms with E-state index in [2.05, 4.69) is 11.2 Å². The summed E-state index contributed by atoms with van der Waals surface area (Å²) in [5.41, 5.74) is 1.61. The van der Waals surface area contributed by atoms with Crippen LogP contribution in [0.25, 0.3) is 0 Å². The summed E-state index contributed by atoms with van der Waals surface area (Å²) in [7, 11) is -3.69. The van der Waals surface area contributed by atoms with Gasteiger partial charge in [-0.1, -0.05) is 60.0 Å². The molecule has 0 unspecified atom stereocenters. The van der Waals surface area contributed by atoms with Crippen molar-refractivity contribution in [3.63, 3.8) is 0 Å². The molecule has 0 saturated heterocycles. The van der Waals surface area contributed by atoms with Crippen LogP contribution in [-0.4, -0.2) is 15.0 Å². The largest absolute Gasteiger partial charge is 0.265 e. The Hall–Kier alpha value is -2.68. The molecule has 0 aliphatic carbocycles. The van der Waals surface area contributed by atoms with Gasteiger partial charge in [0.2, 0.25) is 0 Å². The van der Waals surface area contributed by atoms with Gasteiger partial charge in [0.05, 0.1) is 17.1 Å². The molecule has 0 fully saturated rings. The summed E-state index contributed by atoms with van der Waals surface area (Å²) < 4.78 is 27.7. The summed E-state index contributed by atoms with van der Waals surface area (Å²) in [4.78, 5) is 1.28. The molecule has 3 rings (SSSR count). The average molecular weight is 394 g/mol. The fourth-order valence-corrected chi connectivity index (χ4v) is 4.35.